The van der Waals surface area contributed by atoms with Crippen LogP contribution in [0.15, 0.2) is 41.3 Å². The molecule has 2 rings (SSSR count). The highest BCUT2D eigenvalue weighted by atomic mass is 32.2. The summed E-state index contributed by atoms with van der Waals surface area (Å²) in [4.78, 5) is 0.167. The second-order valence-electron chi connectivity index (χ2n) is 4.86. The number of sulfonamides is 1. The van der Waals surface area contributed by atoms with Gasteiger partial charge in [-0.15, -0.1) is 0 Å². The average Bonchev–Trinajstić information content (AvgIpc) is 2.46. The van der Waals surface area contributed by atoms with Gasteiger partial charge < -0.3 is 10.2 Å². The van der Waals surface area contributed by atoms with Gasteiger partial charge in [0.1, 0.15) is 0 Å². The summed E-state index contributed by atoms with van der Waals surface area (Å²) in [7, 11) is -3.71. The second-order valence-corrected chi connectivity index (χ2v) is 6.80. The van der Waals surface area contributed by atoms with E-state index >= 15 is 0 Å². The van der Waals surface area contributed by atoms with E-state index in [0.717, 1.165) is 20.6 Å². The molecule has 2 N–H and O–H groups in total. The number of nitrogens with zero attached hydrogens (tertiary/aromatic N) is 1. The lowest BCUT2D eigenvalue weighted by Crippen LogP contribution is -2.35. The van der Waals surface area contributed by atoms with E-state index < -0.39 is 10.0 Å². The number of hydrogen-bond acceptors (Lipinski definition) is 4. The third kappa shape index (κ3) is 3.41. The van der Waals surface area contributed by atoms with Gasteiger partial charge >= 0.3 is 0 Å². The topological polar surface area (TPSA) is 77.8 Å². The minimum atomic E-state index is -3.71. The van der Waals surface area contributed by atoms with E-state index in [9.17, 15) is 8.42 Å². The van der Waals surface area contributed by atoms with Gasteiger partial charge in [0.05, 0.1) is 18.1 Å². The molecule has 0 atom stereocenters. The van der Waals surface area contributed by atoms with Crippen LogP contribution in [0, 0.1) is 6.92 Å². The van der Waals surface area contributed by atoms with Gasteiger partial charge in [-0.25, -0.2) is 8.42 Å². The Hall–Kier alpha value is -1.47. The lowest BCUT2D eigenvalue weighted by Gasteiger charge is -2.20. The Morgan fingerprint density at radius 3 is 2.14 bits per heavy atom. The molecule has 0 fully saturated rings. The van der Waals surface area contributed by atoms with Crippen molar-refractivity contribution in [2.75, 3.05) is 26.3 Å². The van der Waals surface area contributed by atoms with Crippen molar-refractivity contribution in [1.29, 1.82) is 0 Å². The van der Waals surface area contributed by atoms with Crippen LogP contribution in [0.2, 0.25) is 0 Å². The molecule has 0 unspecified atom stereocenters. The third-order valence-corrected chi connectivity index (χ3v) is 5.20. The van der Waals surface area contributed by atoms with Gasteiger partial charge in [-0.1, -0.05) is 29.8 Å². The van der Waals surface area contributed by atoms with E-state index in [4.69, 9.17) is 10.2 Å². The molecule has 0 spiro atoms. The SMILES string of the molecule is Cc1ccc2cc(S(=O)(=O)N(CCO)CCO)ccc2c1. The maximum Gasteiger partial charge on any atom is 0.243 e. The smallest absolute Gasteiger partial charge is 0.243 e. The second kappa shape index (κ2) is 6.53. The molecule has 0 amide bonds. The highest BCUT2D eigenvalue weighted by Gasteiger charge is 2.23. The Bertz CT molecular complexity index is 722. The van der Waals surface area contributed by atoms with Gasteiger partial charge in [0.2, 0.25) is 10.0 Å². The molecule has 2 aromatic carbocycles. The molecule has 0 aliphatic carbocycles. The minimum Gasteiger partial charge on any atom is -0.395 e. The first kappa shape index (κ1) is 15.9. The van der Waals surface area contributed by atoms with Crippen molar-refractivity contribution in [3.63, 3.8) is 0 Å². The number of hydrogen-bond donors (Lipinski definition) is 2. The number of fused-ring (bicyclic) bond motifs is 1. The number of aryl methyl sites for hydroxylation is 1. The van der Waals surface area contributed by atoms with E-state index in [-0.39, 0.29) is 31.2 Å². The van der Waals surface area contributed by atoms with E-state index in [1.165, 1.54) is 0 Å². The molecule has 0 bridgehead atoms. The number of rotatable bonds is 6. The molecule has 6 heteroatoms. The van der Waals surface area contributed by atoms with Crippen molar-refractivity contribution < 1.29 is 18.6 Å². The Balaban J connectivity index is 2.45. The molecule has 5 nitrogen and oxygen atoms in total. The fourth-order valence-electron chi connectivity index (χ4n) is 2.23. The van der Waals surface area contributed by atoms with Crippen molar-refractivity contribution in [3.8, 4) is 0 Å². The minimum absolute atomic E-state index is 0.0329. The lowest BCUT2D eigenvalue weighted by molar-refractivity contribution is 0.217. The quantitative estimate of drug-likeness (QED) is 0.838. The van der Waals surface area contributed by atoms with Gasteiger partial charge in [0.15, 0.2) is 0 Å². The summed E-state index contributed by atoms with van der Waals surface area (Å²) >= 11 is 0. The predicted octanol–water partition coefficient (Wildman–Crippen LogP) is 1.12. The van der Waals surface area contributed by atoms with Crippen LogP contribution in [-0.4, -0.2) is 49.2 Å². The molecule has 0 saturated heterocycles. The van der Waals surface area contributed by atoms with E-state index in [0.29, 0.717) is 0 Å². The molecule has 0 aromatic heterocycles. The summed E-state index contributed by atoms with van der Waals surface area (Å²) in [6.07, 6.45) is 0. The Morgan fingerprint density at radius 1 is 0.952 bits per heavy atom. The van der Waals surface area contributed by atoms with Crippen LogP contribution in [0.3, 0.4) is 0 Å². The van der Waals surface area contributed by atoms with E-state index in [1.54, 1.807) is 18.2 Å². The fraction of sp³-hybridized carbons (Fsp3) is 0.333. The predicted molar refractivity (Wildman–Crippen MR) is 81.6 cm³/mol. The highest BCUT2D eigenvalue weighted by molar-refractivity contribution is 7.89. The Morgan fingerprint density at radius 2 is 1.52 bits per heavy atom. The number of aliphatic hydroxyl groups excluding tert-OH is 2. The standard InChI is InChI=1S/C15H19NO4S/c1-12-2-3-14-11-15(5-4-13(14)10-12)21(19,20)16(6-8-17)7-9-18/h2-5,10-11,17-18H,6-9H2,1H3. The van der Waals surface area contributed by atoms with Crippen LogP contribution in [0.4, 0.5) is 0 Å². The van der Waals surface area contributed by atoms with Crippen molar-refractivity contribution >= 4 is 20.8 Å². The maximum atomic E-state index is 12.5. The molecule has 114 valence electrons. The average molecular weight is 309 g/mol. The van der Waals surface area contributed by atoms with Crippen LogP contribution in [0.25, 0.3) is 10.8 Å². The van der Waals surface area contributed by atoms with Crippen LogP contribution in [0.5, 0.6) is 0 Å². The van der Waals surface area contributed by atoms with Crippen molar-refractivity contribution in [2.45, 2.75) is 11.8 Å². The lowest BCUT2D eigenvalue weighted by atomic mass is 10.1. The molecule has 2 aromatic rings. The first-order valence-corrected chi connectivity index (χ1v) is 8.15. The zero-order valence-electron chi connectivity index (χ0n) is 11.9. The molecule has 0 radical (unpaired) electrons. The van der Waals surface area contributed by atoms with Crippen molar-refractivity contribution in [1.82, 2.24) is 4.31 Å². The Labute approximate surface area is 124 Å². The molecular weight excluding hydrogens is 290 g/mol. The van der Waals surface area contributed by atoms with Gasteiger partial charge in [-0.2, -0.15) is 4.31 Å². The summed E-state index contributed by atoms with van der Waals surface area (Å²) in [6, 6.07) is 10.7. The van der Waals surface area contributed by atoms with Crippen LogP contribution >= 0.6 is 0 Å². The van der Waals surface area contributed by atoms with Gasteiger partial charge in [-0.05, 0) is 29.8 Å². The largest absolute Gasteiger partial charge is 0.395 e. The van der Waals surface area contributed by atoms with Gasteiger partial charge in [-0.3, -0.25) is 0 Å². The summed E-state index contributed by atoms with van der Waals surface area (Å²) < 4.78 is 26.1. The third-order valence-electron chi connectivity index (χ3n) is 3.30. The molecule has 0 aliphatic rings. The summed E-state index contributed by atoms with van der Waals surface area (Å²) in [6.45, 7) is 1.34. The molecule has 0 aliphatic heterocycles. The summed E-state index contributed by atoms with van der Waals surface area (Å²) in [5, 5.41) is 19.8. The normalized spacial score (nSPS) is 12.2. The number of aliphatic hydroxyl groups is 2. The molecule has 21 heavy (non-hydrogen) atoms. The van der Waals surface area contributed by atoms with E-state index in [2.05, 4.69) is 0 Å². The first-order valence-electron chi connectivity index (χ1n) is 6.71. The van der Waals surface area contributed by atoms with Gasteiger partial charge in [0.25, 0.3) is 0 Å². The van der Waals surface area contributed by atoms with Crippen LogP contribution in [-0.2, 0) is 10.0 Å². The maximum absolute atomic E-state index is 12.5. The monoisotopic (exact) mass is 309 g/mol. The first-order chi connectivity index (χ1) is 9.98. The molecule has 0 saturated carbocycles. The van der Waals surface area contributed by atoms with Crippen LogP contribution < -0.4 is 0 Å². The van der Waals surface area contributed by atoms with E-state index in [1.807, 2.05) is 25.1 Å². The van der Waals surface area contributed by atoms with Gasteiger partial charge in [0, 0.05) is 13.1 Å². The zero-order valence-corrected chi connectivity index (χ0v) is 12.7. The number of benzene rings is 2. The van der Waals surface area contributed by atoms with Crippen LogP contribution in [0.1, 0.15) is 5.56 Å². The summed E-state index contributed by atoms with van der Waals surface area (Å²) in [5.41, 5.74) is 1.11. The molecule has 0 heterocycles. The highest BCUT2D eigenvalue weighted by Crippen LogP contribution is 2.22. The summed E-state index contributed by atoms with van der Waals surface area (Å²) in [5.74, 6) is 0. The molecular formula is C15H19NO4S. The fourth-order valence-corrected chi connectivity index (χ4v) is 3.69. The zero-order chi connectivity index (χ0) is 15.5. The Kier molecular flexibility index (Phi) is 4.95. The van der Waals surface area contributed by atoms with Crippen molar-refractivity contribution in [3.05, 3.63) is 42.0 Å². The van der Waals surface area contributed by atoms with Crippen molar-refractivity contribution in [2.24, 2.45) is 0 Å².